The molecular formula is C16H26N2O3. The van der Waals surface area contributed by atoms with Gasteiger partial charge in [0.05, 0.1) is 0 Å². The summed E-state index contributed by atoms with van der Waals surface area (Å²) in [7, 11) is 1.85. The Morgan fingerprint density at radius 1 is 1.05 bits per heavy atom. The Bertz CT molecular complexity index is 420. The molecule has 3 fully saturated rings. The fraction of sp³-hybridized carbons (Fsp3) is 0.875. The number of rotatable bonds is 2. The summed E-state index contributed by atoms with van der Waals surface area (Å²) in [4.78, 5) is 28.0. The highest BCUT2D eigenvalue weighted by Crippen LogP contribution is 2.40. The standard InChI is InChI=1S/C16H26N2O3/c1-17(12-7-3-4-8-12)16(21)18-13-9-5-2-6-11(13)10-14(18)15(19)20/h11-14H,2-10H2,1H3,(H,19,20). The average molecular weight is 294 g/mol. The molecule has 3 unspecified atom stereocenters. The second kappa shape index (κ2) is 5.85. The van der Waals surface area contributed by atoms with Crippen molar-refractivity contribution in [3.05, 3.63) is 0 Å². The first-order chi connectivity index (χ1) is 10.1. The van der Waals surface area contributed by atoms with E-state index in [1.165, 1.54) is 19.3 Å². The zero-order valence-corrected chi connectivity index (χ0v) is 12.8. The minimum Gasteiger partial charge on any atom is -0.480 e. The van der Waals surface area contributed by atoms with E-state index in [1.54, 1.807) is 4.90 Å². The molecule has 2 amide bonds. The molecular weight excluding hydrogens is 268 g/mol. The number of carboxylic acid groups (broad SMARTS) is 1. The fourth-order valence-corrected chi connectivity index (χ4v) is 4.59. The van der Waals surface area contributed by atoms with Crippen LogP contribution in [-0.2, 0) is 4.79 Å². The van der Waals surface area contributed by atoms with Crippen molar-refractivity contribution in [2.24, 2.45) is 5.92 Å². The maximum atomic E-state index is 12.9. The topological polar surface area (TPSA) is 60.9 Å². The number of urea groups is 1. The molecule has 2 aliphatic carbocycles. The molecule has 3 rings (SSSR count). The Morgan fingerprint density at radius 3 is 2.33 bits per heavy atom. The van der Waals surface area contributed by atoms with E-state index in [2.05, 4.69) is 0 Å². The first-order valence-corrected chi connectivity index (χ1v) is 8.37. The van der Waals surface area contributed by atoms with E-state index in [0.29, 0.717) is 18.4 Å². The Kier molecular flexibility index (Phi) is 4.09. The predicted molar refractivity (Wildman–Crippen MR) is 79.0 cm³/mol. The molecule has 1 N–H and O–H groups in total. The van der Waals surface area contributed by atoms with Crippen LogP contribution in [0.2, 0.25) is 0 Å². The van der Waals surface area contributed by atoms with Crippen LogP contribution in [0.4, 0.5) is 4.79 Å². The molecule has 3 aliphatic rings. The van der Waals surface area contributed by atoms with Gasteiger partial charge in [0.15, 0.2) is 0 Å². The van der Waals surface area contributed by atoms with Gasteiger partial charge >= 0.3 is 12.0 Å². The average Bonchev–Trinajstić information content (AvgIpc) is 3.12. The molecule has 1 aliphatic heterocycles. The largest absolute Gasteiger partial charge is 0.480 e. The van der Waals surface area contributed by atoms with E-state index in [1.807, 2.05) is 11.9 Å². The van der Waals surface area contributed by atoms with Crippen molar-refractivity contribution in [2.45, 2.75) is 75.9 Å². The maximum absolute atomic E-state index is 12.9. The highest BCUT2D eigenvalue weighted by Gasteiger charge is 2.48. The molecule has 2 saturated carbocycles. The summed E-state index contributed by atoms with van der Waals surface area (Å²) in [6, 6.07) is -0.219. The van der Waals surface area contributed by atoms with Crippen LogP contribution in [0.3, 0.4) is 0 Å². The van der Waals surface area contributed by atoms with E-state index in [0.717, 1.165) is 32.1 Å². The second-order valence-corrected chi connectivity index (χ2v) is 6.94. The number of hydrogen-bond donors (Lipinski definition) is 1. The summed E-state index contributed by atoms with van der Waals surface area (Å²) >= 11 is 0. The molecule has 0 radical (unpaired) electrons. The molecule has 0 aromatic carbocycles. The van der Waals surface area contributed by atoms with Gasteiger partial charge in [0, 0.05) is 19.1 Å². The molecule has 0 bridgehead atoms. The Hall–Kier alpha value is -1.26. The van der Waals surface area contributed by atoms with Gasteiger partial charge in [-0.25, -0.2) is 9.59 Å². The molecule has 0 aromatic rings. The summed E-state index contributed by atoms with van der Waals surface area (Å²) in [6.45, 7) is 0. The van der Waals surface area contributed by atoms with E-state index in [4.69, 9.17) is 0 Å². The van der Waals surface area contributed by atoms with Crippen LogP contribution >= 0.6 is 0 Å². The molecule has 1 saturated heterocycles. The minimum atomic E-state index is -0.836. The van der Waals surface area contributed by atoms with Crippen LogP contribution in [0, 0.1) is 5.92 Å². The van der Waals surface area contributed by atoms with Crippen molar-refractivity contribution < 1.29 is 14.7 Å². The summed E-state index contributed by atoms with van der Waals surface area (Å²) in [5.41, 5.74) is 0. The molecule has 0 aromatic heterocycles. The minimum absolute atomic E-state index is 0.0521. The molecule has 21 heavy (non-hydrogen) atoms. The van der Waals surface area contributed by atoms with Gasteiger partial charge < -0.3 is 14.9 Å². The highest BCUT2D eigenvalue weighted by atomic mass is 16.4. The van der Waals surface area contributed by atoms with Crippen LogP contribution in [-0.4, -0.2) is 52.1 Å². The van der Waals surface area contributed by atoms with E-state index in [-0.39, 0.29) is 12.1 Å². The summed E-state index contributed by atoms with van der Waals surface area (Å²) < 4.78 is 0. The smallest absolute Gasteiger partial charge is 0.326 e. The summed E-state index contributed by atoms with van der Waals surface area (Å²) in [5.74, 6) is -0.446. The van der Waals surface area contributed by atoms with Gasteiger partial charge in [-0.2, -0.15) is 0 Å². The fourth-order valence-electron chi connectivity index (χ4n) is 4.59. The van der Waals surface area contributed by atoms with Crippen molar-refractivity contribution >= 4 is 12.0 Å². The van der Waals surface area contributed by atoms with E-state index >= 15 is 0 Å². The number of carboxylic acids is 1. The third-order valence-electron chi connectivity index (χ3n) is 5.77. The van der Waals surface area contributed by atoms with Gasteiger partial charge in [-0.3, -0.25) is 0 Å². The number of likely N-dealkylation sites (tertiary alicyclic amines) is 1. The van der Waals surface area contributed by atoms with Gasteiger partial charge in [-0.15, -0.1) is 0 Å². The van der Waals surface area contributed by atoms with Crippen LogP contribution in [0.5, 0.6) is 0 Å². The Labute approximate surface area is 126 Å². The van der Waals surface area contributed by atoms with Crippen LogP contribution in [0.15, 0.2) is 0 Å². The number of hydrogen-bond acceptors (Lipinski definition) is 2. The van der Waals surface area contributed by atoms with Gasteiger partial charge in [-0.05, 0) is 38.0 Å². The lowest BCUT2D eigenvalue weighted by atomic mass is 9.85. The van der Waals surface area contributed by atoms with Crippen LogP contribution < -0.4 is 0 Å². The Balaban J connectivity index is 1.78. The molecule has 0 spiro atoms. The lowest BCUT2D eigenvalue weighted by Crippen LogP contribution is -2.53. The molecule has 118 valence electrons. The van der Waals surface area contributed by atoms with Crippen molar-refractivity contribution in [2.75, 3.05) is 7.05 Å². The molecule has 5 heteroatoms. The number of aliphatic carboxylic acids is 1. The molecule has 3 atom stereocenters. The molecule has 1 heterocycles. The zero-order valence-electron chi connectivity index (χ0n) is 12.8. The zero-order chi connectivity index (χ0) is 15.0. The summed E-state index contributed by atoms with van der Waals surface area (Å²) in [6.07, 6.45) is 9.45. The summed E-state index contributed by atoms with van der Waals surface area (Å²) in [5, 5.41) is 9.51. The normalized spacial score (nSPS) is 33.0. The number of carbonyl (C=O) groups excluding carboxylic acids is 1. The first kappa shape index (κ1) is 14.7. The lowest BCUT2D eigenvalue weighted by Gasteiger charge is -2.37. The first-order valence-electron chi connectivity index (χ1n) is 8.37. The third-order valence-corrected chi connectivity index (χ3v) is 5.77. The van der Waals surface area contributed by atoms with Crippen LogP contribution in [0.25, 0.3) is 0 Å². The molecule has 5 nitrogen and oxygen atoms in total. The Morgan fingerprint density at radius 2 is 1.67 bits per heavy atom. The van der Waals surface area contributed by atoms with Crippen LogP contribution in [0.1, 0.15) is 57.8 Å². The lowest BCUT2D eigenvalue weighted by molar-refractivity contribution is -0.141. The highest BCUT2D eigenvalue weighted by molar-refractivity contribution is 5.84. The predicted octanol–water partition coefficient (Wildman–Crippen LogP) is 2.70. The number of nitrogens with zero attached hydrogens (tertiary/aromatic N) is 2. The van der Waals surface area contributed by atoms with E-state index in [9.17, 15) is 14.7 Å². The number of amides is 2. The van der Waals surface area contributed by atoms with Gasteiger partial charge in [-0.1, -0.05) is 25.7 Å². The second-order valence-electron chi connectivity index (χ2n) is 6.94. The van der Waals surface area contributed by atoms with Gasteiger partial charge in [0.1, 0.15) is 6.04 Å². The number of fused-ring (bicyclic) bond motifs is 1. The monoisotopic (exact) mass is 294 g/mol. The van der Waals surface area contributed by atoms with Crippen molar-refractivity contribution in [3.63, 3.8) is 0 Å². The van der Waals surface area contributed by atoms with Gasteiger partial charge in [0.25, 0.3) is 0 Å². The van der Waals surface area contributed by atoms with Gasteiger partial charge in [0.2, 0.25) is 0 Å². The number of carbonyl (C=O) groups is 2. The maximum Gasteiger partial charge on any atom is 0.326 e. The van der Waals surface area contributed by atoms with Crippen molar-refractivity contribution in [1.29, 1.82) is 0 Å². The quantitative estimate of drug-likeness (QED) is 0.851. The SMILES string of the molecule is CN(C(=O)N1C(C(=O)O)CC2CCCCC21)C1CCCC1. The van der Waals surface area contributed by atoms with E-state index < -0.39 is 12.0 Å². The van der Waals surface area contributed by atoms with Crippen molar-refractivity contribution in [1.82, 2.24) is 9.80 Å². The third kappa shape index (κ3) is 2.62. The van der Waals surface area contributed by atoms with Crippen molar-refractivity contribution in [3.8, 4) is 0 Å².